The van der Waals surface area contributed by atoms with Crippen LogP contribution in [0.5, 0.6) is 0 Å². The summed E-state index contributed by atoms with van der Waals surface area (Å²) in [6.45, 7) is -1.50. The Morgan fingerprint density at radius 3 is 2.22 bits per heavy atom. The average Bonchev–Trinajstić information content (AvgIpc) is 2.28. The van der Waals surface area contributed by atoms with Gasteiger partial charge in [-0.15, -0.1) is 5.10 Å². The molecule has 3 N–H and O–H groups in total. The maximum atomic E-state index is 11.6. The number of hydrogen-bond acceptors (Lipinski definition) is 6. The van der Waals surface area contributed by atoms with Gasteiger partial charge < -0.3 is 15.1 Å². The van der Waals surface area contributed by atoms with Crippen LogP contribution in [0, 0.1) is 0 Å². The lowest BCUT2D eigenvalue weighted by Gasteiger charge is -2.17. The summed E-state index contributed by atoms with van der Waals surface area (Å²) < 4.78 is 0. The fraction of sp³-hybridized carbons (Fsp3) is 0.250. The Balaban J connectivity index is 2.69. The van der Waals surface area contributed by atoms with Gasteiger partial charge in [-0.25, -0.2) is 9.78 Å². The van der Waals surface area contributed by atoms with Crippen molar-refractivity contribution < 1.29 is 24.6 Å². The van der Waals surface area contributed by atoms with Crippen LogP contribution in [0.25, 0.3) is 0 Å². The van der Waals surface area contributed by atoms with E-state index < -0.39 is 31.1 Å². The lowest BCUT2D eigenvalue weighted by molar-refractivity contribution is -0.140. The van der Waals surface area contributed by atoms with E-state index in [0.717, 1.165) is 0 Å². The summed E-state index contributed by atoms with van der Waals surface area (Å²) in [6.07, 6.45) is 2.54. The van der Waals surface area contributed by atoms with Gasteiger partial charge in [0.15, 0.2) is 0 Å². The lowest BCUT2D eigenvalue weighted by atomic mass is 10.5. The molecule has 18 heavy (non-hydrogen) atoms. The first kappa shape index (κ1) is 13.3. The van der Waals surface area contributed by atoms with Crippen LogP contribution in [-0.2, 0) is 9.59 Å². The highest BCUT2D eigenvalue weighted by atomic mass is 16.4. The summed E-state index contributed by atoms with van der Waals surface area (Å²) >= 11 is 0. The molecule has 1 rings (SSSR count). The summed E-state index contributed by atoms with van der Waals surface area (Å²) in [4.78, 5) is 36.8. The Morgan fingerprint density at radius 1 is 1.17 bits per heavy atom. The van der Waals surface area contributed by atoms with Gasteiger partial charge in [-0.05, 0) is 0 Å². The summed E-state index contributed by atoms with van der Waals surface area (Å²) in [5, 5.41) is 26.1. The number of amides is 2. The van der Waals surface area contributed by atoms with E-state index in [2.05, 4.69) is 20.5 Å². The van der Waals surface area contributed by atoms with E-state index in [4.69, 9.17) is 10.2 Å². The molecule has 96 valence electrons. The fourth-order valence-electron chi connectivity index (χ4n) is 1.01. The number of aromatic nitrogens is 3. The topological polar surface area (TPSA) is 146 Å². The van der Waals surface area contributed by atoms with E-state index in [1.165, 1.54) is 12.4 Å². The Bertz CT molecular complexity index is 434. The minimum atomic E-state index is -1.33. The van der Waals surface area contributed by atoms with Crippen LogP contribution in [0.1, 0.15) is 0 Å². The van der Waals surface area contributed by atoms with Gasteiger partial charge in [0.05, 0.1) is 12.4 Å². The number of carboxylic acid groups (broad SMARTS) is 2. The number of aliphatic carboxylic acids is 2. The molecule has 10 heteroatoms. The van der Waals surface area contributed by atoms with Crippen molar-refractivity contribution in [2.45, 2.75) is 0 Å². The first-order valence-corrected chi connectivity index (χ1v) is 4.62. The van der Waals surface area contributed by atoms with Crippen LogP contribution in [0.2, 0.25) is 0 Å². The molecule has 0 aliphatic rings. The van der Waals surface area contributed by atoms with Crippen molar-refractivity contribution in [2.24, 2.45) is 0 Å². The molecule has 1 aromatic rings. The number of hydrogen-bond donors (Lipinski definition) is 3. The molecular formula is C8H9N5O5. The molecule has 2 amide bonds. The maximum Gasteiger partial charge on any atom is 0.325 e. The molecule has 1 aromatic heterocycles. The van der Waals surface area contributed by atoms with Crippen molar-refractivity contribution in [1.82, 2.24) is 20.1 Å². The minimum absolute atomic E-state index is 0.150. The predicted molar refractivity (Wildman–Crippen MR) is 55.7 cm³/mol. The SMILES string of the molecule is O=C(O)CN(CC(=O)O)C(=O)Nc1nccnn1. The standard InChI is InChI=1S/C8H9N5O5/c14-5(15)3-13(4-6(16)17)8(18)11-7-9-1-2-10-12-7/h1-2H,3-4H2,(H,14,15)(H,16,17)(H,9,11,12,18). The van der Waals surface area contributed by atoms with Crippen molar-refractivity contribution >= 4 is 23.9 Å². The number of carbonyl (C=O) groups is 3. The molecule has 0 atom stereocenters. The Kier molecular flexibility index (Phi) is 4.49. The minimum Gasteiger partial charge on any atom is -0.480 e. The van der Waals surface area contributed by atoms with Crippen molar-refractivity contribution in [3.05, 3.63) is 12.4 Å². The number of urea groups is 1. The molecule has 0 aliphatic heterocycles. The molecular weight excluding hydrogens is 246 g/mol. The third-order valence-corrected chi connectivity index (χ3v) is 1.64. The molecule has 1 heterocycles. The van der Waals surface area contributed by atoms with Crippen LogP contribution in [0.15, 0.2) is 12.4 Å². The molecule has 0 aromatic carbocycles. The zero-order valence-electron chi connectivity index (χ0n) is 8.98. The summed E-state index contributed by atoms with van der Waals surface area (Å²) in [6, 6.07) is -0.937. The van der Waals surface area contributed by atoms with Gasteiger partial charge in [0, 0.05) is 0 Å². The fourth-order valence-corrected chi connectivity index (χ4v) is 1.01. The van der Waals surface area contributed by atoms with Gasteiger partial charge in [-0.1, -0.05) is 0 Å². The van der Waals surface area contributed by atoms with Crippen LogP contribution in [0.3, 0.4) is 0 Å². The predicted octanol–water partition coefficient (Wildman–Crippen LogP) is -1.13. The Morgan fingerprint density at radius 2 is 1.78 bits per heavy atom. The number of nitrogens with one attached hydrogen (secondary N) is 1. The summed E-state index contributed by atoms with van der Waals surface area (Å²) in [5.74, 6) is -2.82. The van der Waals surface area contributed by atoms with Crippen LogP contribution in [0.4, 0.5) is 10.7 Å². The van der Waals surface area contributed by atoms with Crippen LogP contribution < -0.4 is 5.32 Å². The monoisotopic (exact) mass is 255 g/mol. The van der Waals surface area contributed by atoms with E-state index in [1.807, 2.05) is 0 Å². The zero-order chi connectivity index (χ0) is 13.5. The molecule has 10 nitrogen and oxygen atoms in total. The quantitative estimate of drug-likeness (QED) is 0.599. The van der Waals surface area contributed by atoms with E-state index in [9.17, 15) is 14.4 Å². The summed E-state index contributed by atoms with van der Waals surface area (Å²) in [7, 11) is 0. The number of carboxylic acids is 2. The molecule has 0 saturated carbocycles. The zero-order valence-corrected chi connectivity index (χ0v) is 8.98. The van der Waals surface area contributed by atoms with Crippen molar-refractivity contribution in [3.63, 3.8) is 0 Å². The van der Waals surface area contributed by atoms with Crippen LogP contribution in [-0.4, -0.2) is 61.4 Å². The van der Waals surface area contributed by atoms with Gasteiger partial charge in [-0.3, -0.25) is 14.9 Å². The van der Waals surface area contributed by atoms with E-state index in [1.54, 1.807) is 0 Å². The highest BCUT2D eigenvalue weighted by Gasteiger charge is 2.20. The molecule has 0 fully saturated rings. The normalized spacial score (nSPS) is 9.56. The largest absolute Gasteiger partial charge is 0.480 e. The third-order valence-electron chi connectivity index (χ3n) is 1.64. The number of anilines is 1. The lowest BCUT2D eigenvalue weighted by Crippen LogP contribution is -2.42. The second-order valence-electron chi connectivity index (χ2n) is 3.04. The number of rotatable bonds is 5. The second-order valence-corrected chi connectivity index (χ2v) is 3.04. The van der Waals surface area contributed by atoms with Gasteiger partial charge in [0.25, 0.3) is 5.95 Å². The maximum absolute atomic E-state index is 11.6. The number of nitrogens with zero attached hydrogens (tertiary/aromatic N) is 4. The van der Waals surface area contributed by atoms with Crippen LogP contribution >= 0.6 is 0 Å². The van der Waals surface area contributed by atoms with E-state index >= 15 is 0 Å². The molecule has 0 saturated heterocycles. The Labute approximate surface area is 100 Å². The van der Waals surface area contributed by atoms with E-state index in [-0.39, 0.29) is 5.95 Å². The average molecular weight is 255 g/mol. The molecule has 0 radical (unpaired) electrons. The van der Waals surface area contributed by atoms with Crippen molar-refractivity contribution in [2.75, 3.05) is 18.4 Å². The Hall–Kier alpha value is -2.78. The smallest absolute Gasteiger partial charge is 0.325 e. The van der Waals surface area contributed by atoms with Gasteiger partial charge in [0.1, 0.15) is 13.1 Å². The van der Waals surface area contributed by atoms with Crippen molar-refractivity contribution in [3.8, 4) is 0 Å². The highest BCUT2D eigenvalue weighted by molar-refractivity contribution is 5.91. The van der Waals surface area contributed by atoms with E-state index in [0.29, 0.717) is 4.90 Å². The van der Waals surface area contributed by atoms with Crippen molar-refractivity contribution in [1.29, 1.82) is 0 Å². The van der Waals surface area contributed by atoms with Gasteiger partial charge >= 0.3 is 18.0 Å². The molecule has 0 aliphatic carbocycles. The molecule has 0 bridgehead atoms. The van der Waals surface area contributed by atoms with Gasteiger partial charge in [0.2, 0.25) is 0 Å². The number of carbonyl (C=O) groups excluding carboxylic acids is 1. The third kappa shape index (κ3) is 4.38. The first-order valence-electron chi connectivity index (χ1n) is 4.62. The molecule has 0 spiro atoms. The first-order chi connectivity index (χ1) is 8.49. The highest BCUT2D eigenvalue weighted by Crippen LogP contribution is 1.97. The summed E-state index contributed by atoms with van der Waals surface area (Å²) in [5.41, 5.74) is 0. The van der Waals surface area contributed by atoms with Gasteiger partial charge in [-0.2, -0.15) is 5.10 Å². The molecule has 0 unspecified atom stereocenters. The second kappa shape index (κ2) is 6.08.